The molecule has 4 amide bonds. The highest BCUT2D eigenvalue weighted by Gasteiger charge is 2.57. The highest BCUT2D eigenvalue weighted by molar-refractivity contribution is 6.07. The summed E-state index contributed by atoms with van der Waals surface area (Å²) in [6.07, 6.45) is 6.94. The van der Waals surface area contributed by atoms with E-state index in [1.54, 1.807) is 0 Å². The summed E-state index contributed by atoms with van der Waals surface area (Å²) in [6, 6.07) is 37.3. The SMILES string of the molecule is O=C(NCC12CC3CC(C1)CC(CNC(=O)Nc1cccc4cc5ccccc5cc14)(C3)C2)Nc1ccc2cc3ccccc3cc2c1. The summed E-state index contributed by atoms with van der Waals surface area (Å²) in [5.74, 6) is 1.31. The monoisotopic (exact) mass is 632 g/mol. The average Bonchev–Trinajstić information content (AvgIpc) is 3.08. The fraction of sp³-hybridized carbons (Fsp3) is 0.286. The second-order valence-corrected chi connectivity index (χ2v) is 15.1. The Morgan fingerprint density at radius 2 is 1.06 bits per heavy atom. The molecule has 0 saturated heterocycles. The summed E-state index contributed by atoms with van der Waals surface area (Å²) in [6.45, 7) is 1.33. The van der Waals surface area contributed by atoms with Crippen molar-refractivity contribution < 1.29 is 9.59 Å². The van der Waals surface area contributed by atoms with E-state index >= 15 is 0 Å². The number of nitrogens with one attached hydrogen (secondary N) is 4. The van der Waals surface area contributed by atoms with E-state index in [0.717, 1.165) is 70.4 Å². The third-order valence-electron chi connectivity index (χ3n) is 11.5. The third kappa shape index (κ3) is 5.39. The molecule has 0 radical (unpaired) electrons. The molecule has 6 nitrogen and oxygen atoms in total. The average molecular weight is 633 g/mol. The molecule has 0 heterocycles. The van der Waals surface area contributed by atoms with Crippen LogP contribution >= 0.6 is 0 Å². The summed E-state index contributed by atoms with van der Waals surface area (Å²) in [5.41, 5.74) is 1.79. The van der Waals surface area contributed by atoms with Crippen molar-refractivity contribution in [3.63, 3.8) is 0 Å². The van der Waals surface area contributed by atoms with Crippen molar-refractivity contribution in [1.29, 1.82) is 0 Å². The van der Waals surface area contributed by atoms with Crippen LogP contribution in [0.15, 0.2) is 109 Å². The van der Waals surface area contributed by atoms with E-state index in [1.165, 1.54) is 22.6 Å². The van der Waals surface area contributed by atoms with Crippen molar-refractivity contribution >= 4 is 66.5 Å². The van der Waals surface area contributed by atoms with Gasteiger partial charge in [-0.25, -0.2) is 9.59 Å². The van der Waals surface area contributed by atoms with E-state index in [0.29, 0.717) is 24.9 Å². The maximum atomic E-state index is 13.3. The predicted molar refractivity (Wildman–Crippen MR) is 196 cm³/mol. The van der Waals surface area contributed by atoms with Crippen LogP contribution in [0.2, 0.25) is 0 Å². The first kappa shape index (κ1) is 29.1. The lowest BCUT2D eigenvalue weighted by Gasteiger charge is -2.62. The number of hydrogen-bond donors (Lipinski definition) is 4. The van der Waals surface area contributed by atoms with Crippen LogP contribution in [0.3, 0.4) is 0 Å². The zero-order valence-corrected chi connectivity index (χ0v) is 27.0. The molecular weight excluding hydrogens is 592 g/mol. The summed E-state index contributed by atoms with van der Waals surface area (Å²) < 4.78 is 0. The molecule has 0 spiro atoms. The molecule has 4 saturated carbocycles. The van der Waals surface area contributed by atoms with Gasteiger partial charge in [-0.3, -0.25) is 0 Å². The highest BCUT2D eigenvalue weighted by Crippen LogP contribution is 2.64. The van der Waals surface area contributed by atoms with Gasteiger partial charge in [0.2, 0.25) is 0 Å². The Labute approximate surface area is 280 Å². The fourth-order valence-corrected chi connectivity index (χ4v) is 10.0. The van der Waals surface area contributed by atoms with E-state index in [2.05, 4.69) is 106 Å². The van der Waals surface area contributed by atoms with Gasteiger partial charge in [-0.05, 0) is 141 Å². The van der Waals surface area contributed by atoms with Crippen LogP contribution in [0.4, 0.5) is 21.0 Å². The minimum atomic E-state index is -0.152. The van der Waals surface area contributed by atoms with E-state index < -0.39 is 0 Å². The van der Waals surface area contributed by atoms with Crippen molar-refractivity contribution in [3.8, 4) is 0 Å². The van der Waals surface area contributed by atoms with E-state index in [-0.39, 0.29) is 22.9 Å². The number of fused-ring (bicyclic) bond motifs is 4. The molecule has 6 aromatic carbocycles. The van der Waals surface area contributed by atoms with Crippen LogP contribution < -0.4 is 21.3 Å². The van der Waals surface area contributed by atoms with Gasteiger partial charge in [0.1, 0.15) is 0 Å². The molecule has 4 aliphatic carbocycles. The van der Waals surface area contributed by atoms with Gasteiger partial charge in [0, 0.05) is 24.2 Å². The van der Waals surface area contributed by atoms with Crippen LogP contribution in [-0.4, -0.2) is 25.2 Å². The second kappa shape index (κ2) is 11.3. The van der Waals surface area contributed by atoms with Crippen LogP contribution in [0.1, 0.15) is 38.5 Å². The highest BCUT2D eigenvalue weighted by atomic mass is 16.2. The molecule has 240 valence electrons. The van der Waals surface area contributed by atoms with E-state index in [9.17, 15) is 9.59 Å². The van der Waals surface area contributed by atoms with E-state index in [1.807, 2.05) is 24.3 Å². The number of anilines is 2. The van der Waals surface area contributed by atoms with Crippen molar-refractivity contribution in [2.24, 2.45) is 22.7 Å². The Balaban J connectivity index is 0.854. The minimum Gasteiger partial charge on any atom is -0.337 e. The van der Waals surface area contributed by atoms with Gasteiger partial charge in [0.25, 0.3) is 0 Å². The molecule has 10 rings (SSSR count). The maximum absolute atomic E-state index is 13.3. The zero-order valence-electron chi connectivity index (χ0n) is 27.0. The number of carbonyl (C=O) groups excluding carboxylic acids is 2. The van der Waals surface area contributed by atoms with Crippen LogP contribution in [0, 0.1) is 22.7 Å². The Kier molecular flexibility index (Phi) is 6.82. The van der Waals surface area contributed by atoms with Gasteiger partial charge in [-0.1, -0.05) is 66.7 Å². The molecule has 0 aromatic heterocycles. The van der Waals surface area contributed by atoms with Gasteiger partial charge in [-0.2, -0.15) is 0 Å². The molecule has 4 N–H and O–H groups in total. The maximum Gasteiger partial charge on any atom is 0.319 e. The normalized spacial score (nSPS) is 24.2. The first-order chi connectivity index (χ1) is 23.4. The number of urea groups is 2. The molecule has 4 aliphatic rings. The molecule has 48 heavy (non-hydrogen) atoms. The van der Waals surface area contributed by atoms with Gasteiger partial charge in [0.05, 0.1) is 5.69 Å². The number of amides is 4. The van der Waals surface area contributed by atoms with Crippen molar-refractivity contribution in [2.75, 3.05) is 23.7 Å². The number of rotatable bonds is 6. The Morgan fingerprint density at radius 1 is 0.542 bits per heavy atom. The number of hydrogen-bond acceptors (Lipinski definition) is 2. The summed E-state index contributed by atoms with van der Waals surface area (Å²) in [5, 5.41) is 22.0. The zero-order chi connectivity index (χ0) is 32.3. The third-order valence-corrected chi connectivity index (χ3v) is 11.5. The van der Waals surface area contributed by atoms with Crippen LogP contribution in [0.25, 0.3) is 43.1 Å². The standard InChI is InChI=1S/C42H40N4O2/c47-39(45-36-13-12-33-15-29-6-1-2-8-31(29)17-35(33)18-36)43-25-41-20-27-14-28(21-41)23-42(22-27,24-41)26-44-40(48)46-38-11-5-10-34-16-30-7-3-4-9-32(30)19-37(34)38/h1-13,15-19,27-28H,14,20-26H2,(H2,43,45,47)(H2,44,46,48). The molecule has 2 atom stereocenters. The number of carbonyl (C=O) groups is 2. The molecule has 6 heteroatoms. The number of benzene rings is 6. The van der Waals surface area contributed by atoms with Crippen LogP contribution in [0.5, 0.6) is 0 Å². The largest absolute Gasteiger partial charge is 0.337 e. The summed E-state index contributed by atoms with van der Waals surface area (Å²) in [7, 11) is 0. The predicted octanol–water partition coefficient (Wildman–Crippen LogP) is 9.83. The van der Waals surface area contributed by atoms with Crippen molar-refractivity contribution in [3.05, 3.63) is 109 Å². The van der Waals surface area contributed by atoms with E-state index in [4.69, 9.17) is 0 Å². The summed E-state index contributed by atoms with van der Waals surface area (Å²) >= 11 is 0. The molecule has 6 aromatic rings. The van der Waals surface area contributed by atoms with Gasteiger partial charge < -0.3 is 21.3 Å². The molecule has 4 fully saturated rings. The quantitative estimate of drug-likeness (QED) is 0.138. The fourth-order valence-electron chi connectivity index (χ4n) is 10.0. The Hall–Kier alpha value is -5.10. The van der Waals surface area contributed by atoms with Gasteiger partial charge >= 0.3 is 12.1 Å². The first-order valence-corrected chi connectivity index (χ1v) is 17.3. The molecule has 4 bridgehead atoms. The smallest absolute Gasteiger partial charge is 0.319 e. The van der Waals surface area contributed by atoms with Crippen molar-refractivity contribution in [1.82, 2.24) is 10.6 Å². The lowest BCUT2D eigenvalue weighted by molar-refractivity contribution is -0.105. The lowest BCUT2D eigenvalue weighted by Crippen LogP contribution is -2.58. The minimum absolute atomic E-state index is 0.0790. The van der Waals surface area contributed by atoms with Crippen molar-refractivity contribution in [2.45, 2.75) is 38.5 Å². The van der Waals surface area contributed by atoms with Crippen LogP contribution in [-0.2, 0) is 0 Å². The Bertz CT molecular complexity index is 2230. The Morgan fingerprint density at radius 3 is 1.71 bits per heavy atom. The van der Waals surface area contributed by atoms with Gasteiger partial charge in [-0.15, -0.1) is 0 Å². The molecule has 2 unspecified atom stereocenters. The topological polar surface area (TPSA) is 82.3 Å². The van der Waals surface area contributed by atoms with Gasteiger partial charge in [0.15, 0.2) is 0 Å². The summed E-state index contributed by atoms with van der Waals surface area (Å²) in [4.78, 5) is 26.5. The first-order valence-electron chi connectivity index (χ1n) is 17.3. The lowest BCUT2D eigenvalue weighted by atomic mass is 9.44. The second-order valence-electron chi connectivity index (χ2n) is 15.1. The molecular formula is C42H40N4O2. The molecule has 0 aliphatic heterocycles.